The highest BCUT2D eigenvalue weighted by Gasteiger charge is 2.19. The van der Waals surface area contributed by atoms with E-state index in [9.17, 15) is 8.42 Å². The lowest BCUT2D eigenvalue weighted by Crippen LogP contribution is -2.16. The van der Waals surface area contributed by atoms with Gasteiger partial charge in [-0.3, -0.25) is 0 Å². The van der Waals surface area contributed by atoms with Gasteiger partial charge in [0.25, 0.3) is 0 Å². The highest BCUT2D eigenvalue weighted by Crippen LogP contribution is 2.23. The molecule has 130 valence electrons. The lowest BCUT2D eigenvalue weighted by molar-refractivity contribution is 0.598. The summed E-state index contributed by atoms with van der Waals surface area (Å²) in [6.45, 7) is 10.4. The maximum atomic E-state index is 12.8. The van der Waals surface area contributed by atoms with Crippen LogP contribution in [0, 0.1) is 11.5 Å². The summed E-state index contributed by atoms with van der Waals surface area (Å²) >= 11 is 0. The number of hydrogen-bond acceptors (Lipinski definition) is 2. The van der Waals surface area contributed by atoms with Gasteiger partial charge in [-0.2, -0.15) is 0 Å². The molecule has 0 unspecified atom stereocenters. The maximum absolute atomic E-state index is 12.8. The fourth-order valence-electron chi connectivity index (χ4n) is 2.11. The van der Waals surface area contributed by atoms with Crippen molar-refractivity contribution in [1.29, 1.82) is 0 Å². The molecule has 0 radical (unpaired) electrons. The third-order valence-electron chi connectivity index (χ3n) is 3.19. The summed E-state index contributed by atoms with van der Waals surface area (Å²) < 4.78 is 25.6. The molecule has 1 aromatic rings. The van der Waals surface area contributed by atoms with E-state index in [1.807, 2.05) is 19.9 Å². The molecule has 0 fully saturated rings. The highest BCUT2D eigenvalue weighted by atomic mass is 32.2. The molecule has 0 bridgehead atoms. The fourth-order valence-corrected chi connectivity index (χ4v) is 4.32. The van der Waals surface area contributed by atoms with E-state index in [1.54, 1.807) is 24.3 Å². The van der Waals surface area contributed by atoms with Gasteiger partial charge in [0.15, 0.2) is 0 Å². The van der Waals surface area contributed by atoms with Crippen molar-refractivity contribution < 1.29 is 8.42 Å². The zero-order valence-corrected chi connectivity index (χ0v) is 17.3. The molecule has 0 heterocycles. The molecule has 0 N–H and O–H groups in total. The van der Waals surface area contributed by atoms with Crippen molar-refractivity contribution in [3.63, 3.8) is 0 Å². The molecule has 0 atom stereocenters. The van der Waals surface area contributed by atoms with Crippen LogP contribution in [0.5, 0.6) is 0 Å². The molecule has 2 nitrogen and oxygen atoms in total. The maximum Gasteiger partial charge on any atom is 0.210 e. The van der Waals surface area contributed by atoms with Crippen molar-refractivity contribution in [2.75, 3.05) is 0 Å². The van der Waals surface area contributed by atoms with Gasteiger partial charge in [-0.1, -0.05) is 37.8 Å². The summed E-state index contributed by atoms with van der Waals surface area (Å²) in [5, 5.41) is 0. The van der Waals surface area contributed by atoms with Gasteiger partial charge in [-0.25, -0.2) is 8.42 Å². The predicted molar refractivity (Wildman–Crippen MR) is 105 cm³/mol. The molecule has 1 aromatic carbocycles. The summed E-state index contributed by atoms with van der Waals surface area (Å²) in [6, 6.07) is 8.60. The molecule has 24 heavy (non-hydrogen) atoms. The minimum atomic E-state index is -3.46. The second kappa shape index (κ2) is 9.08. The highest BCUT2D eigenvalue weighted by molar-refractivity contribution is 7.95. The van der Waals surface area contributed by atoms with Crippen molar-refractivity contribution >= 4 is 17.9 Å². The first-order chi connectivity index (χ1) is 11.1. The van der Waals surface area contributed by atoms with Crippen molar-refractivity contribution in [1.82, 2.24) is 0 Å². The molecule has 0 aromatic heterocycles. The van der Waals surface area contributed by atoms with Gasteiger partial charge in [0.1, 0.15) is 8.07 Å². The Bertz CT molecular complexity index is 762. The fraction of sp³-hybridized carbons (Fsp3) is 0.450. The van der Waals surface area contributed by atoms with Gasteiger partial charge >= 0.3 is 0 Å². The minimum Gasteiger partial charge on any atom is -0.218 e. The monoisotopic (exact) mass is 360 g/mol. The molecule has 0 spiro atoms. The van der Waals surface area contributed by atoms with Gasteiger partial charge in [-0.15, -0.1) is 17.2 Å². The molecule has 1 rings (SSSR count). The average Bonchev–Trinajstić information content (AvgIpc) is 2.49. The van der Waals surface area contributed by atoms with Gasteiger partial charge in [0.2, 0.25) is 9.84 Å². The van der Waals surface area contributed by atoms with Crippen molar-refractivity contribution in [3.05, 3.63) is 46.5 Å². The van der Waals surface area contributed by atoms with Crippen LogP contribution in [-0.2, 0) is 9.84 Å². The van der Waals surface area contributed by atoms with Gasteiger partial charge < -0.3 is 0 Å². The Morgan fingerprint density at radius 1 is 1.04 bits per heavy atom. The van der Waals surface area contributed by atoms with E-state index in [-0.39, 0.29) is 0 Å². The molecule has 0 aliphatic carbocycles. The third kappa shape index (κ3) is 7.36. The first-order valence-corrected chi connectivity index (χ1v) is 13.3. The average molecular weight is 361 g/mol. The van der Waals surface area contributed by atoms with Crippen LogP contribution in [0.1, 0.15) is 39.5 Å². The van der Waals surface area contributed by atoms with E-state index in [1.165, 1.54) is 0 Å². The van der Waals surface area contributed by atoms with Crippen LogP contribution in [0.2, 0.25) is 19.6 Å². The molecular weight excluding hydrogens is 332 g/mol. The molecule has 0 aliphatic heterocycles. The van der Waals surface area contributed by atoms with Crippen LogP contribution >= 0.6 is 0 Å². The number of benzene rings is 1. The van der Waals surface area contributed by atoms with E-state index in [4.69, 9.17) is 0 Å². The summed E-state index contributed by atoms with van der Waals surface area (Å²) in [4.78, 5) is 0.721. The Labute approximate surface area is 148 Å². The van der Waals surface area contributed by atoms with Crippen LogP contribution in [-0.4, -0.2) is 16.5 Å². The van der Waals surface area contributed by atoms with E-state index in [2.05, 4.69) is 36.8 Å². The number of unbranched alkanes of at least 4 members (excludes halogenated alkanes) is 2. The summed E-state index contributed by atoms with van der Waals surface area (Å²) in [7, 11) is -4.77. The molecular formula is C20H28O2SSi. The van der Waals surface area contributed by atoms with E-state index in [0.717, 1.165) is 24.8 Å². The number of rotatable bonds is 6. The van der Waals surface area contributed by atoms with Crippen molar-refractivity contribution in [2.24, 2.45) is 0 Å². The largest absolute Gasteiger partial charge is 0.218 e. The van der Waals surface area contributed by atoms with Crippen molar-refractivity contribution in [2.45, 2.75) is 64.1 Å². The number of allylic oxidation sites excluding steroid dienone is 1. The quantitative estimate of drug-likeness (QED) is 0.296. The normalized spacial score (nSPS) is 11.2. The first kappa shape index (κ1) is 20.5. The Balaban J connectivity index is 2.83. The van der Waals surface area contributed by atoms with Gasteiger partial charge in [0, 0.05) is 6.42 Å². The van der Waals surface area contributed by atoms with E-state index >= 15 is 0 Å². The Morgan fingerprint density at radius 2 is 1.67 bits per heavy atom. The second-order valence-electron chi connectivity index (χ2n) is 7.12. The first-order valence-electron chi connectivity index (χ1n) is 8.36. The molecule has 4 heteroatoms. The summed E-state index contributed by atoms with van der Waals surface area (Å²) in [6.07, 6.45) is 3.06. The van der Waals surface area contributed by atoms with Crippen LogP contribution in [0.25, 0.3) is 0 Å². The topological polar surface area (TPSA) is 34.1 Å². The van der Waals surface area contributed by atoms with Crippen molar-refractivity contribution in [3.8, 4) is 11.5 Å². The molecule has 0 saturated heterocycles. The smallest absolute Gasteiger partial charge is 0.210 e. The van der Waals surface area contributed by atoms with Crippen LogP contribution in [0.4, 0.5) is 0 Å². The SMILES string of the molecule is CC(C)=C=C(CCCCC#C[Si](C)(C)C)S(=O)(=O)c1ccccc1. The van der Waals surface area contributed by atoms with E-state index < -0.39 is 17.9 Å². The Kier molecular flexibility index (Phi) is 7.76. The zero-order valence-electron chi connectivity index (χ0n) is 15.4. The van der Waals surface area contributed by atoms with E-state index in [0.29, 0.717) is 16.2 Å². The minimum absolute atomic E-state index is 0.340. The lowest BCUT2D eigenvalue weighted by Gasteiger charge is -2.07. The molecule has 0 aliphatic rings. The second-order valence-corrected chi connectivity index (χ2v) is 13.8. The summed E-state index contributed by atoms with van der Waals surface area (Å²) in [5.74, 6) is 3.24. The van der Waals surface area contributed by atoms with Crippen LogP contribution in [0.3, 0.4) is 0 Å². The molecule has 0 amide bonds. The van der Waals surface area contributed by atoms with Gasteiger partial charge in [0.05, 0.1) is 9.80 Å². The lowest BCUT2D eigenvalue weighted by atomic mass is 10.2. The third-order valence-corrected chi connectivity index (χ3v) is 5.96. The van der Waals surface area contributed by atoms with Crippen LogP contribution in [0.15, 0.2) is 51.4 Å². The Hall–Kier alpha value is -1.53. The zero-order chi connectivity index (χ0) is 18.2. The predicted octanol–water partition coefficient (Wildman–Crippen LogP) is 5.35. The van der Waals surface area contributed by atoms with Crippen LogP contribution < -0.4 is 0 Å². The molecule has 0 saturated carbocycles. The Morgan fingerprint density at radius 3 is 2.21 bits per heavy atom. The standard InChI is InChI=1S/C20H28O2SSi/c1-18(2)17-20(15-9-6-7-12-16-24(3,4)5)23(21,22)19-13-10-8-11-14-19/h8,10-11,13-14H,6-7,9,15H2,1-5H3. The number of sulfone groups is 1. The summed E-state index contributed by atoms with van der Waals surface area (Å²) in [5.41, 5.74) is 7.27. The van der Waals surface area contributed by atoms with Gasteiger partial charge in [-0.05, 0) is 50.8 Å². The number of hydrogen-bond donors (Lipinski definition) is 0.